The lowest BCUT2D eigenvalue weighted by molar-refractivity contribution is -0.418. The zero-order chi connectivity index (χ0) is 9.52. The number of hydrazine groups is 1. The minimum Gasteiger partial charge on any atom is -0.270 e. The van der Waals surface area contributed by atoms with Gasteiger partial charge in [-0.15, -0.1) is 12.4 Å². The molecule has 0 atom stereocenters. The fourth-order valence-corrected chi connectivity index (χ4v) is 1.65. The average Bonchev–Trinajstić information content (AvgIpc) is 2.21. The Morgan fingerprint density at radius 3 is 2.57 bits per heavy atom. The lowest BCUT2D eigenvalue weighted by atomic mass is 10.2. The average molecular weight is 233 g/mol. The van der Waals surface area contributed by atoms with E-state index >= 15 is 0 Å². The van der Waals surface area contributed by atoms with Gasteiger partial charge in [0.2, 0.25) is 0 Å². The zero-order valence-electron chi connectivity index (χ0n) is 7.99. The molecular weight excluding hydrogens is 218 g/mol. The Bertz CT molecular complexity index is 277. The minimum atomic E-state index is 0. The van der Waals surface area contributed by atoms with Crippen LogP contribution in [0, 0.1) is 0 Å². The second-order valence-corrected chi connectivity index (χ2v) is 3.48. The van der Waals surface area contributed by atoms with E-state index in [4.69, 9.17) is 5.84 Å². The lowest BCUT2D eigenvalue weighted by Crippen LogP contribution is -2.71. The number of nitrogens with one attached hydrogen (secondary N) is 2. The molecule has 78 valence electrons. The van der Waals surface area contributed by atoms with Crippen LogP contribution in [0.4, 0.5) is 0 Å². The van der Waals surface area contributed by atoms with Gasteiger partial charge in [0.25, 0.3) is 0 Å². The number of hydrogen-bond acceptors (Lipinski definition) is 2. The van der Waals surface area contributed by atoms with Crippen LogP contribution in [0.25, 0.3) is 0 Å². The van der Waals surface area contributed by atoms with E-state index in [2.05, 4.69) is 22.6 Å². The van der Waals surface area contributed by atoms with E-state index in [9.17, 15) is 0 Å². The zero-order valence-corrected chi connectivity index (χ0v) is 9.62. The summed E-state index contributed by atoms with van der Waals surface area (Å²) in [5, 5.41) is 0.879. The van der Waals surface area contributed by atoms with Crippen LogP contribution in [0.3, 0.4) is 0 Å². The summed E-state index contributed by atoms with van der Waals surface area (Å²) >= 11 is 1.64. The van der Waals surface area contributed by atoms with E-state index in [-0.39, 0.29) is 12.4 Å². The van der Waals surface area contributed by atoms with Gasteiger partial charge >= 0.3 is 5.17 Å². The number of halogens is 1. The Morgan fingerprint density at radius 1 is 1.43 bits per heavy atom. The quantitative estimate of drug-likeness (QED) is 0.288. The number of amidine groups is 1. The van der Waals surface area contributed by atoms with Gasteiger partial charge in [0.1, 0.15) is 0 Å². The van der Waals surface area contributed by atoms with Crippen LogP contribution in [0.1, 0.15) is 5.56 Å². The molecule has 0 spiro atoms. The summed E-state index contributed by atoms with van der Waals surface area (Å²) in [6, 6.07) is 10.3. The molecule has 0 fully saturated rings. The molecule has 3 nitrogen and oxygen atoms in total. The molecule has 0 amide bonds. The fourth-order valence-electron chi connectivity index (χ4n) is 0.916. The molecule has 0 bridgehead atoms. The van der Waals surface area contributed by atoms with Crippen molar-refractivity contribution in [3.63, 3.8) is 0 Å². The standard InChI is InChI=1S/C9H13N3S.ClH/c1-11-9(12-10)13-7-8-5-3-2-4-6-8;/h2-6H,7,10H2,1H3,(H,11,12);1H/p+1. The normalized spacial score (nSPS) is 10.6. The topological polar surface area (TPSA) is 52.0 Å². The van der Waals surface area contributed by atoms with Crippen LogP contribution in [-0.2, 0) is 5.75 Å². The van der Waals surface area contributed by atoms with E-state index in [1.165, 1.54) is 5.56 Å². The Morgan fingerprint density at radius 2 is 2.07 bits per heavy atom. The molecule has 1 aromatic rings. The lowest BCUT2D eigenvalue weighted by Gasteiger charge is -1.98. The summed E-state index contributed by atoms with van der Waals surface area (Å²) in [7, 11) is 1.84. The molecule has 0 aromatic heterocycles. The number of nitrogens with two attached hydrogens (primary N) is 1. The molecule has 0 heterocycles. The highest BCUT2D eigenvalue weighted by molar-refractivity contribution is 8.12. The van der Waals surface area contributed by atoms with Gasteiger partial charge in [-0.25, -0.2) is 0 Å². The van der Waals surface area contributed by atoms with Gasteiger partial charge in [0, 0.05) is 5.75 Å². The van der Waals surface area contributed by atoms with Gasteiger partial charge in [0.05, 0.1) is 7.05 Å². The molecular formula is C9H15ClN3S+. The van der Waals surface area contributed by atoms with Crippen LogP contribution in [0.2, 0.25) is 0 Å². The highest BCUT2D eigenvalue weighted by atomic mass is 35.5. The number of rotatable bonds is 2. The van der Waals surface area contributed by atoms with E-state index in [1.807, 2.05) is 25.2 Å². The van der Waals surface area contributed by atoms with Gasteiger partial charge in [-0.2, -0.15) is 11.3 Å². The monoisotopic (exact) mass is 232 g/mol. The molecule has 14 heavy (non-hydrogen) atoms. The van der Waals surface area contributed by atoms with E-state index in [0.717, 1.165) is 10.9 Å². The third-order valence-electron chi connectivity index (χ3n) is 1.58. The second-order valence-electron chi connectivity index (χ2n) is 2.50. The molecule has 0 saturated heterocycles. The van der Waals surface area contributed by atoms with Crippen molar-refractivity contribution in [2.45, 2.75) is 5.75 Å². The van der Waals surface area contributed by atoms with Crippen LogP contribution in [0.5, 0.6) is 0 Å². The molecule has 0 aliphatic rings. The molecule has 0 aliphatic carbocycles. The third-order valence-corrected chi connectivity index (χ3v) is 2.67. The first kappa shape index (κ1) is 13.3. The van der Waals surface area contributed by atoms with E-state index < -0.39 is 0 Å². The van der Waals surface area contributed by atoms with Crippen LogP contribution < -0.4 is 16.3 Å². The summed E-state index contributed by atoms with van der Waals surface area (Å²) < 4.78 is 0. The molecule has 4 N–H and O–H groups in total. The maximum absolute atomic E-state index is 5.28. The summed E-state index contributed by atoms with van der Waals surface area (Å²) in [5.41, 5.74) is 3.88. The molecule has 0 unspecified atom stereocenters. The molecule has 0 radical (unpaired) electrons. The summed E-state index contributed by atoms with van der Waals surface area (Å²) in [6.07, 6.45) is 0. The smallest absolute Gasteiger partial charge is 0.270 e. The molecule has 0 saturated carbocycles. The maximum atomic E-state index is 5.28. The Labute approximate surface area is 94.6 Å². The van der Waals surface area contributed by atoms with Gasteiger partial charge in [0.15, 0.2) is 0 Å². The van der Waals surface area contributed by atoms with E-state index in [0.29, 0.717) is 0 Å². The summed E-state index contributed by atoms with van der Waals surface area (Å²) in [6.45, 7) is 0. The molecule has 1 aromatic carbocycles. The second kappa shape index (κ2) is 7.67. The Kier molecular flexibility index (Phi) is 7.28. The highest BCUT2D eigenvalue weighted by Gasteiger charge is 2.02. The van der Waals surface area contributed by atoms with Gasteiger partial charge in [-0.1, -0.05) is 30.3 Å². The first-order valence-corrected chi connectivity index (χ1v) is 5.03. The van der Waals surface area contributed by atoms with Crippen molar-refractivity contribution in [1.82, 2.24) is 5.43 Å². The first-order chi connectivity index (χ1) is 6.36. The van der Waals surface area contributed by atoms with Crippen LogP contribution in [0.15, 0.2) is 30.3 Å². The Balaban J connectivity index is 0.00000169. The predicted molar refractivity (Wildman–Crippen MR) is 64.2 cm³/mol. The van der Waals surface area contributed by atoms with Crippen molar-refractivity contribution in [3.8, 4) is 0 Å². The fraction of sp³-hybridized carbons (Fsp3) is 0.222. The molecule has 0 aliphatic heterocycles. The number of hydrogen-bond donors (Lipinski definition) is 3. The number of thioether (sulfide) groups is 1. The predicted octanol–water partition coefficient (Wildman–Crippen LogP) is -0.129. The van der Waals surface area contributed by atoms with Crippen molar-refractivity contribution >= 4 is 29.3 Å². The summed E-state index contributed by atoms with van der Waals surface area (Å²) in [4.78, 5) is 2.97. The van der Waals surface area contributed by atoms with Gasteiger partial charge < -0.3 is 0 Å². The van der Waals surface area contributed by atoms with E-state index in [1.54, 1.807) is 11.8 Å². The van der Waals surface area contributed by atoms with Crippen LogP contribution >= 0.6 is 24.2 Å². The SMILES string of the molecule is C[NH+]=C(NN)SCc1ccccc1.Cl. The van der Waals surface area contributed by atoms with Crippen molar-refractivity contribution < 1.29 is 4.99 Å². The van der Waals surface area contributed by atoms with Crippen molar-refractivity contribution in [1.29, 1.82) is 0 Å². The largest absolute Gasteiger partial charge is 0.322 e. The molecule has 1 rings (SSSR count). The first-order valence-electron chi connectivity index (χ1n) is 4.05. The van der Waals surface area contributed by atoms with Crippen molar-refractivity contribution in [3.05, 3.63) is 35.9 Å². The van der Waals surface area contributed by atoms with Crippen LogP contribution in [-0.4, -0.2) is 12.2 Å². The van der Waals surface area contributed by atoms with Crippen molar-refractivity contribution in [2.24, 2.45) is 5.84 Å². The third kappa shape index (κ3) is 4.50. The van der Waals surface area contributed by atoms with Crippen molar-refractivity contribution in [2.75, 3.05) is 7.05 Å². The number of benzene rings is 1. The Hall–Kier alpha value is -0.710. The maximum Gasteiger partial charge on any atom is 0.322 e. The van der Waals surface area contributed by atoms with Gasteiger partial charge in [-0.3, -0.25) is 4.99 Å². The minimum absolute atomic E-state index is 0. The highest BCUT2D eigenvalue weighted by Crippen LogP contribution is 2.09. The van der Waals surface area contributed by atoms with Gasteiger partial charge in [-0.05, 0) is 17.3 Å². The molecule has 5 heteroatoms. The summed E-state index contributed by atoms with van der Waals surface area (Å²) in [5.74, 6) is 6.19.